The zero-order chi connectivity index (χ0) is 28.8. The Morgan fingerprint density at radius 3 is 2.70 bits per heavy atom. The highest BCUT2D eigenvalue weighted by Crippen LogP contribution is 2.38. The fourth-order valence-corrected chi connectivity index (χ4v) is 6.01. The van der Waals surface area contributed by atoms with Crippen LogP contribution in [0.15, 0.2) is 10.5 Å². The van der Waals surface area contributed by atoms with Crippen molar-refractivity contribution in [2.24, 2.45) is 0 Å². The van der Waals surface area contributed by atoms with Crippen LogP contribution in [0.4, 0.5) is 9.18 Å². The third-order valence-electron chi connectivity index (χ3n) is 7.80. The Kier molecular flexibility index (Phi) is 7.90. The fraction of sp³-hybridized carbons (Fsp3) is 0.607. The molecule has 12 heteroatoms. The van der Waals surface area contributed by atoms with E-state index < -0.39 is 17.5 Å². The van der Waals surface area contributed by atoms with E-state index in [0.717, 1.165) is 24.9 Å². The van der Waals surface area contributed by atoms with Crippen LogP contribution in [0, 0.1) is 24.1 Å². The molecule has 0 radical (unpaired) electrons. The summed E-state index contributed by atoms with van der Waals surface area (Å²) >= 11 is 3.36. The molecule has 1 aromatic carbocycles. The zero-order valence-electron chi connectivity index (χ0n) is 23.6. The van der Waals surface area contributed by atoms with E-state index in [1.807, 2.05) is 33.8 Å². The molecule has 2 aromatic heterocycles. The molecule has 0 unspecified atom stereocenters. The molecule has 2 fully saturated rings. The molecule has 0 aliphatic carbocycles. The summed E-state index contributed by atoms with van der Waals surface area (Å²) in [7, 11) is 2.07. The van der Waals surface area contributed by atoms with Gasteiger partial charge in [0.2, 0.25) is 5.88 Å². The zero-order valence-corrected chi connectivity index (χ0v) is 25.2. The van der Waals surface area contributed by atoms with Gasteiger partial charge in [-0.25, -0.2) is 18.9 Å². The molecule has 2 aliphatic heterocycles. The number of carbonyl (C=O) groups excluding carboxylic acids is 1. The maximum atomic E-state index is 15.6. The van der Waals surface area contributed by atoms with Gasteiger partial charge in [-0.2, -0.15) is 5.26 Å². The van der Waals surface area contributed by atoms with Crippen molar-refractivity contribution in [1.29, 1.82) is 5.26 Å². The molecule has 3 atom stereocenters. The van der Waals surface area contributed by atoms with Crippen molar-refractivity contribution in [2.75, 3.05) is 26.7 Å². The number of amides is 1. The molecular formula is C28H35BrFN7O3. The number of likely N-dealkylation sites (N-methyl/N-ethyl adjacent to an activating group) is 1. The summed E-state index contributed by atoms with van der Waals surface area (Å²) < 4.78 is 29.5. The Bertz CT molecular complexity index is 1480. The lowest BCUT2D eigenvalue weighted by Crippen LogP contribution is -2.48. The minimum Gasteiger partial charge on any atom is -0.474 e. The summed E-state index contributed by atoms with van der Waals surface area (Å²) in [5, 5.41) is 19.1. The summed E-state index contributed by atoms with van der Waals surface area (Å²) in [6.45, 7) is 9.12. The maximum absolute atomic E-state index is 15.6. The summed E-state index contributed by atoms with van der Waals surface area (Å²) in [4.78, 5) is 21.4. The number of aryl methyl sites for hydroxylation is 1. The maximum Gasteiger partial charge on any atom is 0.410 e. The van der Waals surface area contributed by atoms with Gasteiger partial charge < -0.3 is 19.3 Å². The normalized spacial score (nSPS) is 22.1. The molecule has 1 amide bonds. The molecule has 0 N–H and O–H groups in total. The largest absolute Gasteiger partial charge is 0.474 e. The van der Waals surface area contributed by atoms with Crippen LogP contribution in [-0.4, -0.2) is 80.3 Å². The van der Waals surface area contributed by atoms with E-state index in [4.69, 9.17) is 9.47 Å². The van der Waals surface area contributed by atoms with Gasteiger partial charge in [-0.3, -0.25) is 0 Å². The second-order valence-electron chi connectivity index (χ2n) is 11.8. The number of aromatic nitrogens is 4. The SMILES string of the molecule is Cc1cc2c(nc(OC[C@@H]3CCCN3C)c3nnn([C@H]4CCN(C(=O)OC(C)(C)C)[C@H](CC#N)C4)c32)c(F)c1Br. The second-order valence-corrected chi connectivity index (χ2v) is 12.6. The highest BCUT2D eigenvalue weighted by atomic mass is 79.9. The average Bonchev–Trinajstić information content (AvgIpc) is 3.52. The number of benzene rings is 1. The van der Waals surface area contributed by atoms with Gasteiger partial charge in [0, 0.05) is 18.0 Å². The van der Waals surface area contributed by atoms with E-state index >= 15 is 4.39 Å². The first kappa shape index (κ1) is 28.5. The molecule has 3 aromatic rings. The Morgan fingerprint density at radius 1 is 1.25 bits per heavy atom. The van der Waals surface area contributed by atoms with Crippen LogP contribution in [-0.2, 0) is 4.74 Å². The number of nitrogens with zero attached hydrogens (tertiary/aromatic N) is 7. The molecule has 10 nitrogen and oxygen atoms in total. The van der Waals surface area contributed by atoms with Crippen molar-refractivity contribution in [3.05, 3.63) is 21.9 Å². The van der Waals surface area contributed by atoms with E-state index in [2.05, 4.69) is 49.2 Å². The molecular weight excluding hydrogens is 581 g/mol. The number of likely N-dealkylation sites (tertiary alicyclic amines) is 2. The molecule has 40 heavy (non-hydrogen) atoms. The molecule has 0 saturated carbocycles. The van der Waals surface area contributed by atoms with Gasteiger partial charge in [0.1, 0.15) is 23.2 Å². The summed E-state index contributed by atoms with van der Waals surface area (Å²) in [6.07, 6.45) is 2.91. The molecule has 2 saturated heterocycles. The van der Waals surface area contributed by atoms with Crippen LogP contribution < -0.4 is 4.74 Å². The lowest BCUT2D eigenvalue weighted by atomic mass is 9.95. The monoisotopic (exact) mass is 615 g/mol. The number of piperidine rings is 1. The Hall–Kier alpha value is -3.04. The highest BCUT2D eigenvalue weighted by molar-refractivity contribution is 9.10. The van der Waals surface area contributed by atoms with Crippen LogP contribution in [0.2, 0.25) is 0 Å². The van der Waals surface area contributed by atoms with Crippen molar-refractivity contribution < 1.29 is 18.7 Å². The smallest absolute Gasteiger partial charge is 0.410 e. The fourth-order valence-electron chi connectivity index (χ4n) is 5.71. The van der Waals surface area contributed by atoms with Gasteiger partial charge in [-0.05, 0) is 94.5 Å². The minimum atomic E-state index is -0.640. The first-order chi connectivity index (χ1) is 19.0. The van der Waals surface area contributed by atoms with Gasteiger partial charge in [-0.15, -0.1) is 5.10 Å². The van der Waals surface area contributed by atoms with Crippen molar-refractivity contribution in [2.45, 2.75) is 83.5 Å². The molecule has 4 heterocycles. The predicted molar refractivity (Wildman–Crippen MR) is 152 cm³/mol. The highest BCUT2D eigenvalue weighted by Gasteiger charge is 2.36. The molecule has 2 aliphatic rings. The van der Waals surface area contributed by atoms with Gasteiger partial charge in [0.15, 0.2) is 11.3 Å². The van der Waals surface area contributed by atoms with Gasteiger partial charge in [-0.1, -0.05) is 5.21 Å². The molecule has 0 bridgehead atoms. The number of fused-ring (bicyclic) bond motifs is 3. The number of rotatable bonds is 5. The average molecular weight is 617 g/mol. The van der Waals surface area contributed by atoms with E-state index in [0.29, 0.717) is 46.9 Å². The van der Waals surface area contributed by atoms with Gasteiger partial charge in [0.25, 0.3) is 0 Å². The molecule has 0 spiro atoms. The van der Waals surface area contributed by atoms with E-state index in [-0.39, 0.29) is 35.9 Å². The van der Waals surface area contributed by atoms with Crippen molar-refractivity contribution >= 4 is 44.0 Å². The number of nitriles is 1. The summed E-state index contributed by atoms with van der Waals surface area (Å²) in [5.74, 6) is -0.210. The van der Waals surface area contributed by atoms with Crippen molar-refractivity contribution in [3.63, 3.8) is 0 Å². The van der Waals surface area contributed by atoms with E-state index in [1.165, 1.54) is 0 Å². The molecule has 5 rings (SSSR count). The number of carbonyl (C=O) groups is 1. The Labute approximate surface area is 241 Å². The standard InChI is InChI=1S/C28H35BrFN7O3/c1-16-13-20-23(22(30)21(16)29)32-26(39-15-19-7-6-11-35(19)5)24-25(20)37(34-33-24)18-9-12-36(17(14-18)8-10-31)27(38)40-28(2,3)4/h13,17-19H,6-9,11-12,14-15H2,1-5H3/t17-,18+,19+/m1/s1. The van der Waals surface area contributed by atoms with Crippen molar-refractivity contribution in [3.8, 4) is 11.9 Å². The topological polar surface area (TPSA) is 109 Å². The second kappa shape index (κ2) is 11.1. The van der Waals surface area contributed by atoms with E-state index in [9.17, 15) is 10.1 Å². The van der Waals surface area contributed by atoms with Crippen LogP contribution in [0.1, 0.15) is 64.5 Å². The Morgan fingerprint density at radius 2 is 2.02 bits per heavy atom. The van der Waals surface area contributed by atoms with Crippen LogP contribution in [0.5, 0.6) is 5.88 Å². The number of hydrogen-bond acceptors (Lipinski definition) is 8. The van der Waals surface area contributed by atoms with Gasteiger partial charge >= 0.3 is 6.09 Å². The third kappa shape index (κ3) is 5.46. The lowest BCUT2D eigenvalue weighted by Gasteiger charge is -2.39. The van der Waals surface area contributed by atoms with Crippen LogP contribution in [0.25, 0.3) is 21.9 Å². The number of halogens is 2. The number of hydrogen-bond donors (Lipinski definition) is 0. The summed E-state index contributed by atoms with van der Waals surface area (Å²) in [5.41, 5.74) is 1.38. The van der Waals surface area contributed by atoms with Crippen molar-refractivity contribution in [1.82, 2.24) is 29.8 Å². The molecule has 214 valence electrons. The predicted octanol–water partition coefficient (Wildman–Crippen LogP) is 5.52. The minimum absolute atomic E-state index is 0.161. The first-order valence-electron chi connectivity index (χ1n) is 13.7. The van der Waals surface area contributed by atoms with Gasteiger partial charge in [0.05, 0.1) is 29.0 Å². The number of ether oxygens (including phenoxy) is 2. The quantitative estimate of drug-likeness (QED) is 0.369. The Balaban J connectivity index is 1.55. The summed E-state index contributed by atoms with van der Waals surface area (Å²) in [6, 6.07) is 3.82. The lowest BCUT2D eigenvalue weighted by molar-refractivity contribution is 0.00557. The van der Waals surface area contributed by atoms with E-state index in [1.54, 1.807) is 9.58 Å². The first-order valence-corrected chi connectivity index (χ1v) is 14.5. The van der Waals surface area contributed by atoms with Crippen LogP contribution >= 0.6 is 15.9 Å². The van der Waals surface area contributed by atoms with Crippen LogP contribution in [0.3, 0.4) is 0 Å². The third-order valence-corrected chi connectivity index (χ3v) is 8.77. The number of pyridine rings is 1.